The predicted molar refractivity (Wildman–Crippen MR) is 121 cm³/mol. The highest BCUT2D eigenvalue weighted by Gasteiger charge is 2.19. The molecular weight excluding hydrogens is 420 g/mol. The lowest BCUT2D eigenvalue weighted by Crippen LogP contribution is -2.17. The van der Waals surface area contributed by atoms with Crippen molar-refractivity contribution in [1.29, 1.82) is 0 Å². The minimum Gasteiger partial charge on any atom is -0.463 e. The minimum atomic E-state index is -0.611. The van der Waals surface area contributed by atoms with Crippen molar-refractivity contribution in [3.63, 3.8) is 0 Å². The molecule has 3 aromatic heterocycles. The first kappa shape index (κ1) is 20.0. The van der Waals surface area contributed by atoms with Crippen molar-refractivity contribution in [3.8, 4) is 22.8 Å². The first-order valence-electron chi connectivity index (χ1n) is 10.0. The lowest BCUT2D eigenvalue weighted by molar-refractivity contribution is 0.0992. The second-order valence-electron chi connectivity index (χ2n) is 7.15. The van der Waals surface area contributed by atoms with Crippen molar-refractivity contribution >= 4 is 17.5 Å². The molecule has 0 saturated carbocycles. The Hall–Kier alpha value is -4.92. The van der Waals surface area contributed by atoms with Gasteiger partial charge in [-0.15, -0.1) is 0 Å². The van der Waals surface area contributed by atoms with Crippen LogP contribution in [0.25, 0.3) is 22.8 Å². The normalized spacial score (nSPS) is 10.8. The fourth-order valence-corrected chi connectivity index (χ4v) is 3.37. The zero-order chi connectivity index (χ0) is 22.8. The molecule has 0 radical (unpaired) electrons. The molecule has 3 N–H and O–H groups in total. The smallest absolute Gasteiger partial charge is 0.274 e. The highest BCUT2D eigenvalue weighted by atomic mass is 16.3. The first-order valence-corrected chi connectivity index (χ1v) is 10.0. The van der Waals surface area contributed by atoms with Crippen LogP contribution in [0.1, 0.15) is 21.0 Å². The number of hydrogen-bond acceptors (Lipinski definition) is 5. The zero-order valence-corrected chi connectivity index (χ0v) is 17.3. The Morgan fingerprint density at radius 3 is 2.42 bits per heavy atom. The van der Waals surface area contributed by atoms with Crippen LogP contribution in [0, 0.1) is 0 Å². The van der Waals surface area contributed by atoms with Crippen molar-refractivity contribution in [2.24, 2.45) is 5.73 Å². The van der Waals surface area contributed by atoms with Gasteiger partial charge in [0.05, 0.1) is 17.6 Å². The number of carbonyl (C=O) groups is 2. The number of amides is 2. The van der Waals surface area contributed by atoms with Crippen LogP contribution in [0.15, 0.2) is 95.7 Å². The largest absolute Gasteiger partial charge is 0.463 e. The van der Waals surface area contributed by atoms with Gasteiger partial charge in [-0.25, -0.2) is 9.36 Å². The molecule has 33 heavy (non-hydrogen) atoms. The maximum absolute atomic E-state index is 13.2. The molecule has 2 aromatic carbocycles. The van der Waals surface area contributed by atoms with Crippen molar-refractivity contribution < 1.29 is 14.0 Å². The van der Waals surface area contributed by atoms with Crippen molar-refractivity contribution in [3.05, 3.63) is 103 Å². The minimum absolute atomic E-state index is 0.154. The van der Waals surface area contributed by atoms with Gasteiger partial charge >= 0.3 is 0 Å². The van der Waals surface area contributed by atoms with Crippen molar-refractivity contribution in [2.75, 3.05) is 5.32 Å². The topological polar surface area (TPSA) is 121 Å². The molecule has 2 amide bonds. The summed E-state index contributed by atoms with van der Waals surface area (Å²) in [7, 11) is 0. The van der Waals surface area contributed by atoms with E-state index < -0.39 is 5.91 Å². The lowest BCUT2D eigenvalue weighted by atomic mass is 10.2. The molecule has 0 atom stereocenters. The number of para-hydroxylation sites is 1. The second kappa shape index (κ2) is 8.31. The molecule has 9 nitrogen and oxygen atoms in total. The van der Waals surface area contributed by atoms with Crippen LogP contribution in [0.4, 0.5) is 5.69 Å². The highest BCUT2D eigenvalue weighted by molar-refractivity contribution is 6.04. The molecule has 0 fully saturated rings. The van der Waals surface area contributed by atoms with E-state index >= 15 is 0 Å². The number of furan rings is 1. The van der Waals surface area contributed by atoms with Gasteiger partial charge in [-0.3, -0.25) is 9.59 Å². The summed E-state index contributed by atoms with van der Waals surface area (Å²) in [5, 5.41) is 11.6. The molecule has 9 heteroatoms. The number of primary amides is 1. The van der Waals surface area contributed by atoms with E-state index in [2.05, 4.69) is 15.5 Å². The quantitative estimate of drug-likeness (QED) is 0.419. The average Bonchev–Trinajstić information content (AvgIpc) is 3.60. The van der Waals surface area contributed by atoms with Gasteiger partial charge in [0.15, 0.2) is 5.76 Å². The van der Waals surface area contributed by atoms with Gasteiger partial charge in [0.2, 0.25) is 0 Å². The van der Waals surface area contributed by atoms with Crippen LogP contribution in [0.3, 0.4) is 0 Å². The van der Waals surface area contributed by atoms with E-state index in [1.807, 2.05) is 30.3 Å². The standard InChI is InChI=1S/C24H18N6O3/c25-23(31)19-11-12-29(27-19)18-9-4-6-16(14-18)26-24(32)21-15-20(22-10-5-13-33-22)28-30(21)17-7-2-1-3-8-17/h1-15H,(H2,25,31)(H,26,32). The molecule has 0 aliphatic rings. The summed E-state index contributed by atoms with van der Waals surface area (Å²) in [4.78, 5) is 24.6. The van der Waals surface area contributed by atoms with Crippen LogP contribution >= 0.6 is 0 Å². The first-order chi connectivity index (χ1) is 16.1. The Bertz CT molecular complexity index is 1430. The van der Waals surface area contributed by atoms with E-state index in [9.17, 15) is 9.59 Å². The van der Waals surface area contributed by atoms with E-state index in [1.54, 1.807) is 59.6 Å². The number of nitrogens with zero attached hydrogens (tertiary/aromatic N) is 4. The molecule has 3 heterocycles. The van der Waals surface area contributed by atoms with Gasteiger partial charge < -0.3 is 15.5 Å². The number of anilines is 1. The number of hydrogen-bond donors (Lipinski definition) is 2. The predicted octanol–water partition coefficient (Wildman–Crippen LogP) is 3.67. The molecule has 5 rings (SSSR count). The summed E-state index contributed by atoms with van der Waals surface area (Å²) in [5.74, 6) is -0.399. The second-order valence-corrected chi connectivity index (χ2v) is 7.15. The zero-order valence-electron chi connectivity index (χ0n) is 17.3. The number of nitrogens with one attached hydrogen (secondary N) is 1. The maximum Gasteiger partial charge on any atom is 0.274 e. The van der Waals surface area contributed by atoms with Gasteiger partial charge in [0.1, 0.15) is 17.1 Å². The summed E-state index contributed by atoms with van der Waals surface area (Å²) in [6.45, 7) is 0. The van der Waals surface area contributed by atoms with E-state index in [0.717, 1.165) is 5.69 Å². The van der Waals surface area contributed by atoms with E-state index in [4.69, 9.17) is 10.2 Å². The van der Waals surface area contributed by atoms with Gasteiger partial charge in [-0.05, 0) is 48.5 Å². The molecule has 0 bridgehead atoms. The maximum atomic E-state index is 13.2. The average molecular weight is 438 g/mol. The highest BCUT2D eigenvalue weighted by Crippen LogP contribution is 2.23. The molecule has 162 valence electrons. The summed E-state index contributed by atoms with van der Waals surface area (Å²) >= 11 is 0. The van der Waals surface area contributed by atoms with E-state index in [-0.39, 0.29) is 11.6 Å². The fraction of sp³-hybridized carbons (Fsp3) is 0. The third-order valence-corrected chi connectivity index (χ3v) is 4.93. The SMILES string of the molecule is NC(=O)c1ccn(-c2cccc(NC(=O)c3cc(-c4ccco4)nn3-c3ccccc3)c2)n1. The van der Waals surface area contributed by atoms with E-state index in [0.29, 0.717) is 28.5 Å². The van der Waals surface area contributed by atoms with Crippen LogP contribution in [-0.2, 0) is 0 Å². The molecule has 0 spiro atoms. The van der Waals surface area contributed by atoms with Gasteiger partial charge in [0.25, 0.3) is 11.8 Å². The van der Waals surface area contributed by atoms with Gasteiger partial charge in [-0.2, -0.15) is 10.2 Å². The Labute approximate surface area is 188 Å². The molecule has 0 saturated heterocycles. The molecular formula is C24H18N6O3. The third kappa shape index (κ3) is 4.02. The van der Waals surface area contributed by atoms with Crippen LogP contribution in [-0.4, -0.2) is 31.4 Å². The Morgan fingerprint density at radius 2 is 1.70 bits per heavy atom. The van der Waals surface area contributed by atoms with Crippen LogP contribution in [0.2, 0.25) is 0 Å². The van der Waals surface area contributed by atoms with Gasteiger partial charge in [0, 0.05) is 18.0 Å². The Kier molecular flexibility index (Phi) is 5.04. The number of rotatable bonds is 6. The summed E-state index contributed by atoms with van der Waals surface area (Å²) in [5.41, 5.74) is 8.26. The van der Waals surface area contributed by atoms with Crippen molar-refractivity contribution in [1.82, 2.24) is 19.6 Å². The summed E-state index contributed by atoms with van der Waals surface area (Å²) in [6.07, 6.45) is 3.18. The fourth-order valence-electron chi connectivity index (χ4n) is 3.37. The van der Waals surface area contributed by atoms with Crippen molar-refractivity contribution in [2.45, 2.75) is 0 Å². The van der Waals surface area contributed by atoms with Crippen LogP contribution < -0.4 is 11.1 Å². The number of aromatic nitrogens is 4. The molecule has 5 aromatic rings. The Morgan fingerprint density at radius 1 is 0.879 bits per heavy atom. The summed E-state index contributed by atoms with van der Waals surface area (Å²) in [6, 6.07) is 23.2. The molecule has 0 aliphatic heterocycles. The number of nitrogens with two attached hydrogens (primary N) is 1. The number of carbonyl (C=O) groups excluding carboxylic acids is 2. The molecule has 0 aliphatic carbocycles. The third-order valence-electron chi connectivity index (χ3n) is 4.93. The van der Waals surface area contributed by atoms with Gasteiger partial charge in [-0.1, -0.05) is 24.3 Å². The summed E-state index contributed by atoms with van der Waals surface area (Å²) < 4.78 is 8.54. The Balaban J connectivity index is 1.47. The number of benzene rings is 2. The van der Waals surface area contributed by atoms with Crippen LogP contribution in [0.5, 0.6) is 0 Å². The van der Waals surface area contributed by atoms with E-state index in [1.165, 1.54) is 10.7 Å². The monoisotopic (exact) mass is 438 g/mol. The molecule has 0 unspecified atom stereocenters. The lowest BCUT2D eigenvalue weighted by Gasteiger charge is -2.09.